The maximum atomic E-state index is 12.8. The molecule has 2 rings (SSSR count). The van der Waals surface area contributed by atoms with E-state index in [1.807, 2.05) is 24.6 Å². The third-order valence-corrected chi connectivity index (χ3v) is 3.13. The first-order valence-electron chi connectivity index (χ1n) is 5.32. The molecule has 0 atom stereocenters. The topological polar surface area (TPSA) is 24.9 Å². The van der Waals surface area contributed by atoms with Crippen LogP contribution in [0.2, 0.25) is 0 Å². The average Bonchev–Trinajstić information content (AvgIpc) is 2.79. The van der Waals surface area contributed by atoms with E-state index in [2.05, 4.69) is 10.3 Å². The molecule has 0 aliphatic heterocycles. The quantitative estimate of drug-likeness (QED) is 0.899. The standard InChI is InChI=1S/C13H13FN2S/c1-15-8-2-3-12-9-17-13(16-12)10-4-6-11(14)7-5-10/h2-7,9,15H,8H2,1H3. The fourth-order valence-corrected chi connectivity index (χ4v) is 2.18. The zero-order chi connectivity index (χ0) is 12.1. The van der Waals surface area contributed by atoms with E-state index in [0.717, 1.165) is 22.8 Å². The number of halogens is 1. The fourth-order valence-electron chi connectivity index (χ4n) is 1.39. The molecule has 4 heteroatoms. The molecule has 0 aliphatic rings. The molecule has 1 N–H and O–H groups in total. The van der Waals surface area contributed by atoms with E-state index in [-0.39, 0.29) is 5.82 Å². The Morgan fingerprint density at radius 1 is 1.35 bits per heavy atom. The van der Waals surface area contributed by atoms with Crippen LogP contribution in [0.15, 0.2) is 35.7 Å². The van der Waals surface area contributed by atoms with E-state index in [1.54, 1.807) is 23.5 Å². The van der Waals surface area contributed by atoms with Gasteiger partial charge >= 0.3 is 0 Å². The van der Waals surface area contributed by atoms with Crippen LogP contribution in [0.25, 0.3) is 16.6 Å². The van der Waals surface area contributed by atoms with Gasteiger partial charge in [-0.3, -0.25) is 0 Å². The van der Waals surface area contributed by atoms with Crippen LogP contribution in [-0.2, 0) is 0 Å². The highest BCUT2D eigenvalue weighted by atomic mass is 32.1. The van der Waals surface area contributed by atoms with Gasteiger partial charge in [-0.1, -0.05) is 6.08 Å². The van der Waals surface area contributed by atoms with Crippen molar-refractivity contribution in [1.29, 1.82) is 0 Å². The Morgan fingerprint density at radius 2 is 2.12 bits per heavy atom. The van der Waals surface area contributed by atoms with Crippen LogP contribution in [0.5, 0.6) is 0 Å². The van der Waals surface area contributed by atoms with Gasteiger partial charge in [-0.2, -0.15) is 0 Å². The van der Waals surface area contributed by atoms with Crippen molar-refractivity contribution in [2.24, 2.45) is 0 Å². The molecule has 17 heavy (non-hydrogen) atoms. The smallest absolute Gasteiger partial charge is 0.124 e. The molecular weight excluding hydrogens is 235 g/mol. The number of thiazole rings is 1. The number of rotatable bonds is 4. The molecule has 0 spiro atoms. The van der Waals surface area contributed by atoms with Gasteiger partial charge in [0.1, 0.15) is 10.8 Å². The first-order valence-corrected chi connectivity index (χ1v) is 6.20. The van der Waals surface area contributed by atoms with Crippen LogP contribution in [-0.4, -0.2) is 18.6 Å². The lowest BCUT2D eigenvalue weighted by Gasteiger charge is -1.94. The minimum Gasteiger partial charge on any atom is -0.316 e. The van der Waals surface area contributed by atoms with Crippen molar-refractivity contribution in [1.82, 2.24) is 10.3 Å². The number of nitrogens with zero attached hydrogens (tertiary/aromatic N) is 1. The Morgan fingerprint density at radius 3 is 2.82 bits per heavy atom. The van der Waals surface area contributed by atoms with Crippen LogP contribution in [0.3, 0.4) is 0 Å². The predicted molar refractivity (Wildman–Crippen MR) is 70.5 cm³/mol. The van der Waals surface area contributed by atoms with E-state index in [9.17, 15) is 4.39 Å². The summed E-state index contributed by atoms with van der Waals surface area (Å²) in [5.74, 6) is -0.223. The third kappa shape index (κ3) is 3.22. The molecule has 88 valence electrons. The van der Waals surface area contributed by atoms with E-state index in [4.69, 9.17) is 0 Å². The normalized spacial score (nSPS) is 11.2. The summed E-state index contributed by atoms with van der Waals surface area (Å²) in [6.45, 7) is 0.823. The molecule has 2 nitrogen and oxygen atoms in total. The number of hydrogen-bond acceptors (Lipinski definition) is 3. The summed E-state index contributed by atoms with van der Waals surface area (Å²) in [5, 5.41) is 5.93. The second-order valence-electron chi connectivity index (χ2n) is 3.54. The molecule has 0 fully saturated rings. The molecule has 1 aromatic heterocycles. The van der Waals surface area contributed by atoms with Crippen LogP contribution in [0, 0.1) is 5.82 Å². The largest absolute Gasteiger partial charge is 0.316 e. The van der Waals surface area contributed by atoms with Gasteiger partial charge in [-0.15, -0.1) is 11.3 Å². The number of benzene rings is 1. The van der Waals surface area contributed by atoms with Crippen molar-refractivity contribution < 1.29 is 4.39 Å². The highest BCUT2D eigenvalue weighted by Crippen LogP contribution is 2.24. The van der Waals surface area contributed by atoms with Gasteiger partial charge in [0.15, 0.2) is 0 Å². The SMILES string of the molecule is CNCC=Cc1csc(-c2ccc(F)cc2)n1. The number of hydrogen-bond donors (Lipinski definition) is 1. The van der Waals surface area contributed by atoms with Gasteiger partial charge in [0.25, 0.3) is 0 Å². The third-order valence-electron chi connectivity index (χ3n) is 2.22. The highest BCUT2D eigenvalue weighted by molar-refractivity contribution is 7.13. The van der Waals surface area contributed by atoms with Crippen molar-refractivity contribution in [3.05, 3.63) is 47.2 Å². The summed E-state index contributed by atoms with van der Waals surface area (Å²) < 4.78 is 12.8. The van der Waals surface area contributed by atoms with Crippen molar-refractivity contribution >= 4 is 17.4 Å². The van der Waals surface area contributed by atoms with E-state index < -0.39 is 0 Å². The second kappa shape index (κ2) is 5.70. The van der Waals surface area contributed by atoms with Crippen molar-refractivity contribution in [2.75, 3.05) is 13.6 Å². The monoisotopic (exact) mass is 248 g/mol. The van der Waals surface area contributed by atoms with Crippen LogP contribution in [0.4, 0.5) is 4.39 Å². The maximum Gasteiger partial charge on any atom is 0.124 e. The summed E-state index contributed by atoms with van der Waals surface area (Å²) in [6, 6.07) is 6.39. The van der Waals surface area contributed by atoms with E-state index in [1.165, 1.54) is 12.1 Å². The zero-order valence-electron chi connectivity index (χ0n) is 9.48. The molecule has 1 heterocycles. The van der Waals surface area contributed by atoms with Crippen LogP contribution in [0.1, 0.15) is 5.69 Å². The van der Waals surface area contributed by atoms with Crippen molar-refractivity contribution in [3.63, 3.8) is 0 Å². The molecule has 0 bridgehead atoms. The lowest BCUT2D eigenvalue weighted by atomic mass is 10.2. The van der Waals surface area contributed by atoms with Crippen molar-refractivity contribution in [2.45, 2.75) is 0 Å². The summed E-state index contributed by atoms with van der Waals surface area (Å²) in [4.78, 5) is 4.46. The average molecular weight is 248 g/mol. The van der Waals surface area contributed by atoms with Gasteiger partial charge in [0.2, 0.25) is 0 Å². The summed E-state index contributed by atoms with van der Waals surface area (Å²) in [5.41, 5.74) is 1.88. The van der Waals surface area contributed by atoms with Gasteiger partial charge in [0, 0.05) is 17.5 Å². The van der Waals surface area contributed by atoms with Gasteiger partial charge < -0.3 is 5.32 Å². The minimum absolute atomic E-state index is 0.223. The molecule has 0 aliphatic carbocycles. The molecule has 0 saturated carbocycles. The Kier molecular flexibility index (Phi) is 4.01. The summed E-state index contributed by atoms with van der Waals surface area (Å²) >= 11 is 1.56. The first-order chi connectivity index (χ1) is 8.29. The molecule has 0 unspecified atom stereocenters. The summed E-state index contributed by atoms with van der Waals surface area (Å²) in [6.07, 6.45) is 3.99. The maximum absolute atomic E-state index is 12.8. The molecule has 1 aromatic carbocycles. The van der Waals surface area contributed by atoms with E-state index in [0.29, 0.717) is 0 Å². The Labute approximate surface area is 104 Å². The van der Waals surface area contributed by atoms with Crippen LogP contribution < -0.4 is 5.32 Å². The number of likely N-dealkylation sites (N-methyl/N-ethyl adjacent to an activating group) is 1. The Balaban J connectivity index is 2.15. The molecule has 0 radical (unpaired) electrons. The molecular formula is C13H13FN2S. The summed E-state index contributed by atoms with van der Waals surface area (Å²) in [7, 11) is 1.90. The van der Waals surface area contributed by atoms with Gasteiger partial charge in [-0.05, 0) is 37.4 Å². The second-order valence-corrected chi connectivity index (χ2v) is 4.40. The first kappa shape index (κ1) is 12.0. The van der Waals surface area contributed by atoms with Crippen molar-refractivity contribution in [3.8, 4) is 10.6 Å². The highest BCUT2D eigenvalue weighted by Gasteiger charge is 2.02. The van der Waals surface area contributed by atoms with Gasteiger partial charge in [-0.25, -0.2) is 9.37 Å². The number of nitrogens with one attached hydrogen (secondary N) is 1. The minimum atomic E-state index is -0.223. The predicted octanol–water partition coefficient (Wildman–Crippen LogP) is 3.18. The Hall–Kier alpha value is -1.52. The lowest BCUT2D eigenvalue weighted by molar-refractivity contribution is 0.628. The fraction of sp³-hybridized carbons (Fsp3) is 0.154. The molecule has 0 amide bonds. The Bertz CT molecular complexity index is 502. The molecule has 0 saturated heterocycles. The number of aromatic nitrogens is 1. The molecule has 2 aromatic rings. The van der Waals surface area contributed by atoms with Crippen LogP contribution >= 0.6 is 11.3 Å². The zero-order valence-corrected chi connectivity index (χ0v) is 10.3. The van der Waals surface area contributed by atoms with Gasteiger partial charge in [0.05, 0.1) is 5.69 Å². The lowest BCUT2D eigenvalue weighted by Crippen LogP contribution is -2.03. The van der Waals surface area contributed by atoms with E-state index >= 15 is 0 Å².